The first kappa shape index (κ1) is 14.5. The van der Waals surface area contributed by atoms with Gasteiger partial charge in [-0.15, -0.1) is 0 Å². The number of ether oxygens (including phenoxy) is 1. The largest absolute Gasteiger partial charge is 0.495 e. The van der Waals surface area contributed by atoms with Crippen molar-refractivity contribution in [3.8, 4) is 5.75 Å². The van der Waals surface area contributed by atoms with Crippen LogP contribution in [-0.4, -0.2) is 43.9 Å². The molecule has 0 amide bonds. The second-order valence-electron chi connectivity index (χ2n) is 4.45. The summed E-state index contributed by atoms with van der Waals surface area (Å²) >= 11 is 1.79. The maximum Gasteiger partial charge on any atom is 0.243 e. The van der Waals surface area contributed by atoms with Gasteiger partial charge >= 0.3 is 0 Å². The molecule has 2 N–H and O–H groups in total. The molecule has 0 aromatic heterocycles. The summed E-state index contributed by atoms with van der Waals surface area (Å²) in [6.45, 7) is 3.12. The van der Waals surface area contributed by atoms with Crippen molar-refractivity contribution in [2.45, 2.75) is 17.1 Å². The zero-order valence-electron chi connectivity index (χ0n) is 11.0. The van der Waals surface area contributed by atoms with Gasteiger partial charge in [-0.1, -0.05) is 6.92 Å². The van der Waals surface area contributed by atoms with Crippen LogP contribution in [0, 0.1) is 0 Å². The highest BCUT2D eigenvalue weighted by molar-refractivity contribution is 8.00. The fourth-order valence-corrected chi connectivity index (χ4v) is 4.82. The maximum absolute atomic E-state index is 12.5. The fourth-order valence-electron chi connectivity index (χ4n) is 2.03. The molecule has 1 unspecified atom stereocenters. The van der Waals surface area contributed by atoms with Crippen LogP contribution in [0.25, 0.3) is 0 Å². The molecule has 19 heavy (non-hydrogen) atoms. The smallest absolute Gasteiger partial charge is 0.243 e. The number of hydrogen-bond acceptors (Lipinski definition) is 5. The summed E-state index contributed by atoms with van der Waals surface area (Å²) in [5.74, 6) is 1.31. The molecule has 0 aliphatic carbocycles. The van der Waals surface area contributed by atoms with Crippen molar-refractivity contribution in [1.29, 1.82) is 0 Å². The average Bonchev–Trinajstić information content (AvgIpc) is 2.38. The van der Waals surface area contributed by atoms with E-state index < -0.39 is 10.0 Å². The van der Waals surface area contributed by atoms with E-state index in [2.05, 4.69) is 0 Å². The molecule has 106 valence electrons. The summed E-state index contributed by atoms with van der Waals surface area (Å²) in [7, 11) is -1.95. The highest BCUT2D eigenvalue weighted by atomic mass is 32.2. The van der Waals surface area contributed by atoms with E-state index in [1.54, 1.807) is 17.8 Å². The molecular formula is C12H18N2O3S2. The third-order valence-electron chi connectivity index (χ3n) is 3.04. The van der Waals surface area contributed by atoms with Crippen molar-refractivity contribution in [2.24, 2.45) is 0 Å². The molecular weight excluding hydrogens is 284 g/mol. The Kier molecular flexibility index (Phi) is 4.27. The number of hydrogen-bond donors (Lipinski definition) is 1. The highest BCUT2D eigenvalue weighted by Gasteiger charge is 2.29. The van der Waals surface area contributed by atoms with E-state index in [1.807, 2.05) is 6.92 Å². The van der Waals surface area contributed by atoms with Gasteiger partial charge in [-0.05, 0) is 18.2 Å². The first-order valence-corrected chi connectivity index (χ1v) is 8.49. The molecule has 0 spiro atoms. The number of nitrogens with two attached hydrogens (primary N) is 1. The Bertz CT molecular complexity index is 560. The van der Waals surface area contributed by atoms with Crippen LogP contribution < -0.4 is 10.5 Å². The zero-order chi connectivity index (χ0) is 14.0. The summed E-state index contributed by atoms with van der Waals surface area (Å²) in [4.78, 5) is 0.227. The van der Waals surface area contributed by atoms with Gasteiger partial charge in [-0.2, -0.15) is 16.1 Å². The van der Waals surface area contributed by atoms with Crippen LogP contribution in [0.4, 0.5) is 5.69 Å². The van der Waals surface area contributed by atoms with E-state index in [0.29, 0.717) is 29.8 Å². The summed E-state index contributed by atoms with van der Waals surface area (Å²) in [5, 5.41) is 0.319. The van der Waals surface area contributed by atoms with Crippen molar-refractivity contribution < 1.29 is 13.2 Å². The number of methoxy groups -OCH3 is 1. The number of rotatable bonds is 3. The number of anilines is 1. The van der Waals surface area contributed by atoms with Gasteiger partial charge in [0.1, 0.15) is 5.75 Å². The van der Waals surface area contributed by atoms with Crippen LogP contribution in [0.5, 0.6) is 5.75 Å². The van der Waals surface area contributed by atoms with Gasteiger partial charge in [-0.25, -0.2) is 8.42 Å². The number of thioether (sulfide) groups is 1. The quantitative estimate of drug-likeness (QED) is 0.855. The number of sulfonamides is 1. The molecule has 1 fully saturated rings. The van der Waals surface area contributed by atoms with Gasteiger partial charge < -0.3 is 10.5 Å². The van der Waals surface area contributed by atoms with Crippen LogP contribution in [0.3, 0.4) is 0 Å². The van der Waals surface area contributed by atoms with Gasteiger partial charge in [0, 0.05) is 24.1 Å². The number of benzene rings is 1. The van der Waals surface area contributed by atoms with Crippen molar-refractivity contribution >= 4 is 27.5 Å². The molecule has 1 aliphatic rings. The molecule has 0 saturated carbocycles. The predicted octanol–water partition coefficient (Wildman–Crippen LogP) is 1.40. The first-order valence-electron chi connectivity index (χ1n) is 6.00. The fraction of sp³-hybridized carbons (Fsp3) is 0.500. The summed E-state index contributed by atoms with van der Waals surface area (Å²) in [6.07, 6.45) is 0. The standard InChI is InChI=1S/C12H18N2O3S2/c1-9-8-14(5-6-18-9)19(15,16)10-3-4-12(17-2)11(13)7-10/h3-4,7,9H,5-6,8,13H2,1-2H3. The Labute approximate surface area is 118 Å². The highest BCUT2D eigenvalue weighted by Crippen LogP contribution is 2.28. The minimum Gasteiger partial charge on any atom is -0.495 e. The molecule has 1 heterocycles. The Balaban J connectivity index is 2.31. The summed E-state index contributed by atoms with van der Waals surface area (Å²) in [6, 6.07) is 4.59. The van der Waals surface area contributed by atoms with Crippen LogP contribution in [0.15, 0.2) is 23.1 Å². The van der Waals surface area contributed by atoms with E-state index in [9.17, 15) is 8.42 Å². The molecule has 1 aromatic carbocycles. The molecule has 0 bridgehead atoms. The van der Waals surface area contributed by atoms with Crippen molar-refractivity contribution in [3.63, 3.8) is 0 Å². The minimum absolute atomic E-state index is 0.227. The molecule has 2 rings (SSSR count). The Hall–Kier alpha value is -0.920. The molecule has 1 saturated heterocycles. The predicted molar refractivity (Wildman–Crippen MR) is 78.1 cm³/mol. The van der Waals surface area contributed by atoms with E-state index in [-0.39, 0.29) is 4.90 Å². The lowest BCUT2D eigenvalue weighted by molar-refractivity contribution is 0.415. The van der Waals surface area contributed by atoms with Crippen molar-refractivity contribution in [2.75, 3.05) is 31.7 Å². The van der Waals surface area contributed by atoms with E-state index in [4.69, 9.17) is 10.5 Å². The van der Waals surface area contributed by atoms with Crippen LogP contribution in [0.2, 0.25) is 0 Å². The van der Waals surface area contributed by atoms with Gasteiger partial charge in [0.2, 0.25) is 10.0 Å². The molecule has 5 nitrogen and oxygen atoms in total. The van der Waals surface area contributed by atoms with Crippen LogP contribution >= 0.6 is 11.8 Å². The Morgan fingerprint density at radius 1 is 1.47 bits per heavy atom. The third-order valence-corrected chi connectivity index (χ3v) is 6.04. The van der Waals surface area contributed by atoms with Crippen LogP contribution in [-0.2, 0) is 10.0 Å². The maximum atomic E-state index is 12.5. The van der Waals surface area contributed by atoms with E-state index in [1.165, 1.54) is 23.5 Å². The monoisotopic (exact) mass is 302 g/mol. The van der Waals surface area contributed by atoms with Gasteiger partial charge in [0.25, 0.3) is 0 Å². The second kappa shape index (κ2) is 5.60. The molecule has 7 heteroatoms. The van der Waals surface area contributed by atoms with Gasteiger partial charge in [-0.3, -0.25) is 0 Å². The van der Waals surface area contributed by atoms with E-state index >= 15 is 0 Å². The van der Waals surface area contributed by atoms with Crippen LogP contribution in [0.1, 0.15) is 6.92 Å². The van der Waals surface area contributed by atoms with Gasteiger partial charge in [0.15, 0.2) is 0 Å². The SMILES string of the molecule is COc1ccc(S(=O)(=O)N2CCSC(C)C2)cc1N. The summed E-state index contributed by atoms with van der Waals surface area (Å²) < 4.78 is 31.6. The van der Waals surface area contributed by atoms with Crippen molar-refractivity contribution in [1.82, 2.24) is 4.31 Å². The molecule has 1 atom stereocenters. The molecule has 1 aliphatic heterocycles. The first-order chi connectivity index (χ1) is 8.95. The lowest BCUT2D eigenvalue weighted by Crippen LogP contribution is -2.40. The van der Waals surface area contributed by atoms with Gasteiger partial charge in [0.05, 0.1) is 17.7 Å². The Morgan fingerprint density at radius 2 is 2.21 bits per heavy atom. The number of nitrogen functional groups attached to an aromatic ring is 1. The van der Waals surface area contributed by atoms with Crippen molar-refractivity contribution in [3.05, 3.63) is 18.2 Å². The lowest BCUT2D eigenvalue weighted by atomic mass is 10.3. The zero-order valence-corrected chi connectivity index (χ0v) is 12.6. The number of nitrogens with zero attached hydrogens (tertiary/aromatic N) is 1. The average molecular weight is 302 g/mol. The molecule has 0 radical (unpaired) electrons. The molecule has 1 aromatic rings. The minimum atomic E-state index is -3.46. The normalized spacial score (nSPS) is 21.3. The Morgan fingerprint density at radius 3 is 2.79 bits per heavy atom. The third kappa shape index (κ3) is 2.98. The summed E-state index contributed by atoms with van der Waals surface area (Å²) in [5.41, 5.74) is 6.11. The van der Waals surface area contributed by atoms with E-state index in [0.717, 1.165) is 5.75 Å². The lowest BCUT2D eigenvalue weighted by Gasteiger charge is -2.29. The topological polar surface area (TPSA) is 72.6 Å². The second-order valence-corrected chi connectivity index (χ2v) is 7.93.